The topological polar surface area (TPSA) is 124 Å². The number of nitrogens with one attached hydrogen (secondary N) is 2. The van der Waals surface area contributed by atoms with Crippen molar-refractivity contribution in [3.05, 3.63) is 22.5 Å². The van der Waals surface area contributed by atoms with Crippen LogP contribution in [0.15, 0.2) is 0 Å². The molecule has 0 fully saturated rings. The van der Waals surface area contributed by atoms with Crippen molar-refractivity contribution in [2.24, 2.45) is 0 Å². The fraction of sp³-hybridized carbons (Fsp3) is 0.579. The maximum atomic E-state index is 12.2. The van der Waals surface area contributed by atoms with E-state index < -0.39 is 24.5 Å². The number of aromatic nitrogens is 1. The molecular weight excluding hydrogens is 368 g/mol. The third-order valence-electron chi connectivity index (χ3n) is 3.71. The number of carbonyl (C=O) groups is 4. The first-order valence-corrected chi connectivity index (χ1v) is 9.16. The molecule has 28 heavy (non-hydrogen) atoms. The Morgan fingerprint density at radius 1 is 1.07 bits per heavy atom. The van der Waals surface area contributed by atoms with E-state index in [0.717, 1.165) is 0 Å². The minimum atomic E-state index is -0.745. The predicted octanol–water partition coefficient (Wildman–Crippen LogP) is 1.81. The van der Waals surface area contributed by atoms with Crippen LogP contribution in [-0.4, -0.2) is 54.7 Å². The Morgan fingerprint density at radius 2 is 1.75 bits per heavy atom. The minimum absolute atomic E-state index is 0.100. The van der Waals surface area contributed by atoms with E-state index in [0.29, 0.717) is 24.3 Å². The van der Waals surface area contributed by atoms with Gasteiger partial charge in [0.25, 0.3) is 5.91 Å². The van der Waals surface area contributed by atoms with Crippen LogP contribution in [0, 0.1) is 13.8 Å². The van der Waals surface area contributed by atoms with Crippen molar-refractivity contribution >= 4 is 23.8 Å². The maximum absolute atomic E-state index is 12.2. The Labute approximate surface area is 164 Å². The highest BCUT2D eigenvalue weighted by Crippen LogP contribution is 2.20. The van der Waals surface area contributed by atoms with Crippen LogP contribution < -0.4 is 5.32 Å². The summed E-state index contributed by atoms with van der Waals surface area (Å²) < 4.78 is 14.9. The first-order valence-electron chi connectivity index (χ1n) is 9.16. The molecule has 0 saturated heterocycles. The molecule has 0 aliphatic carbocycles. The lowest BCUT2D eigenvalue weighted by Gasteiger charge is -2.08. The van der Waals surface area contributed by atoms with Gasteiger partial charge in [0.1, 0.15) is 5.69 Å². The molecule has 1 aromatic heterocycles. The van der Waals surface area contributed by atoms with Gasteiger partial charge in [-0.2, -0.15) is 0 Å². The second-order valence-electron chi connectivity index (χ2n) is 6.41. The third kappa shape index (κ3) is 7.05. The van der Waals surface area contributed by atoms with Crippen molar-refractivity contribution in [1.82, 2.24) is 10.3 Å². The summed E-state index contributed by atoms with van der Waals surface area (Å²) >= 11 is 0. The second-order valence-corrected chi connectivity index (χ2v) is 6.41. The quantitative estimate of drug-likeness (QED) is 0.351. The molecule has 1 aromatic rings. The summed E-state index contributed by atoms with van der Waals surface area (Å²) in [6.45, 7) is 8.55. The smallest absolute Gasteiger partial charge is 0.355 e. The van der Waals surface area contributed by atoms with E-state index >= 15 is 0 Å². The number of hydrogen-bond acceptors (Lipinski definition) is 7. The molecule has 2 N–H and O–H groups in total. The summed E-state index contributed by atoms with van der Waals surface area (Å²) in [6, 6.07) is 0. The zero-order valence-electron chi connectivity index (χ0n) is 17.0. The van der Waals surface area contributed by atoms with Gasteiger partial charge in [-0.15, -0.1) is 0 Å². The van der Waals surface area contributed by atoms with E-state index in [9.17, 15) is 19.2 Å². The van der Waals surface area contributed by atoms with Gasteiger partial charge in [0.15, 0.2) is 6.61 Å². The van der Waals surface area contributed by atoms with Crippen molar-refractivity contribution in [2.75, 3.05) is 19.8 Å². The number of esters is 3. The highest BCUT2D eigenvalue weighted by atomic mass is 16.5. The fourth-order valence-corrected chi connectivity index (χ4v) is 2.48. The lowest BCUT2D eigenvalue weighted by atomic mass is 10.1. The van der Waals surface area contributed by atoms with Gasteiger partial charge in [-0.05, 0) is 46.6 Å². The van der Waals surface area contributed by atoms with Gasteiger partial charge in [-0.3, -0.25) is 9.59 Å². The van der Waals surface area contributed by atoms with Crippen molar-refractivity contribution in [2.45, 2.75) is 53.6 Å². The number of ether oxygens (including phenoxy) is 3. The van der Waals surface area contributed by atoms with Crippen LogP contribution in [0.5, 0.6) is 0 Å². The Bertz CT molecular complexity index is 722. The summed E-state index contributed by atoms with van der Waals surface area (Å²) in [5, 5.41) is 2.55. The molecule has 1 amide bonds. The zero-order chi connectivity index (χ0) is 21.3. The average Bonchev–Trinajstić information content (AvgIpc) is 2.90. The van der Waals surface area contributed by atoms with E-state index in [1.165, 1.54) is 0 Å². The van der Waals surface area contributed by atoms with E-state index in [1.54, 1.807) is 34.6 Å². The van der Waals surface area contributed by atoms with Crippen LogP contribution >= 0.6 is 0 Å². The summed E-state index contributed by atoms with van der Waals surface area (Å²) in [5.41, 5.74) is 1.27. The molecule has 0 saturated carbocycles. The van der Waals surface area contributed by atoms with Gasteiger partial charge in [-0.1, -0.05) is 0 Å². The van der Waals surface area contributed by atoms with E-state index in [-0.39, 0.29) is 36.3 Å². The van der Waals surface area contributed by atoms with Crippen LogP contribution in [0.4, 0.5) is 0 Å². The first kappa shape index (κ1) is 23.2. The molecule has 0 bridgehead atoms. The Hall–Kier alpha value is -2.84. The highest BCUT2D eigenvalue weighted by Gasteiger charge is 2.24. The molecule has 0 aliphatic rings. The van der Waals surface area contributed by atoms with Crippen LogP contribution in [0.25, 0.3) is 0 Å². The monoisotopic (exact) mass is 396 g/mol. The standard InChI is InChI=1S/C19H28N2O7/c1-6-26-15(23)8-7-9-20-14(22)10-27-19(25)17-12(4)16(13(5)21-17)18(24)28-11(2)3/h11,21H,6-10H2,1-5H3,(H,20,22). The minimum Gasteiger partial charge on any atom is -0.466 e. The molecule has 0 aromatic carbocycles. The van der Waals surface area contributed by atoms with Crippen molar-refractivity contribution in [3.8, 4) is 0 Å². The molecule has 1 rings (SSSR count). The summed E-state index contributed by atoms with van der Waals surface area (Å²) in [4.78, 5) is 50.1. The number of carbonyl (C=O) groups excluding carboxylic acids is 4. The molecule has 9 heteroatoms. The summed E-state index contributed by atoms with van der Waals surface area (Å²) in [6.07, 6.45) is 0.336. The molecule has 0 unspecified atom stereocenters. The van der Waals surface area contributed by atoms with Gasteiger partial charge < -0.3 is 24.5 Å². The third-order valence-corrected chi connectivity index (χ3v) is 3.71. The number of aryl methyl sites for hydroxylation is 1. The molecule has 0 aliphatic heterocycles. The number of amides is 1. The first-order chi connectivity index (χ1) is 13.2. The molecule has 0 radical (unpaired) electrons. The van der Waals surface area contributed by atoms with E-state index in [4.69, 9.17) is 14.2 Å². The Kier molecular flexibility index (Phi) is 9.20. The van der Waals surface area contributed by atoms with Crippen LogP contribution in [0.1, 0.15) is 65.7 Å². The number of rotatable bonds is 10. The Balaban J connectivity index is 2.52. The lowest BCUT2D eigenvalue weighted by molar-refractivity contribution is -0.143. The van der Waals surface area contributed by atoms with Gasteiger partial charge in [0.05, 0.1) is 18.3 Å². The molecule has 0 spiro atoms. The van der Waals surface area contributed by atoms with Crippen LogP contribution in [-0.2, 0) is 23.8 Å². The maximum Gasteiger partial charge on any atom is 0.355 e. The molecule has 0 atom stereocenters. The van der Waals surface area contributed by atoms with Gasteiger partial charge in [-0.25, -0.2) is 9.59 Å². The van der Waals surface area contributed by atoms with Gasteiger partial charge in [0, 0.05) is 18.7 Å². The molecule has 1 heterocycles. The molecule has 156 valence electrons. The number of H-pyrrole nitrogens is 1. The van der Waals surface area contributed by atoms with Crippen molar-refractivity contribution in [1.29, 1.82) is 0 Å². The van der Waals surface area contributed by atoms with E-state index in [2.05, 4.69) is 10.3 Å². The van der Waals surface area contributed by atoms with Crippen LogP contribution in [0.3, 0.4) is 0 Å². The molecule has 9 nitrogen and oxygen atoms in total. The fourth-order valence-electron chi connectivity index (χ4n) is 2.48. The SMILES string of the molecule is CCOC(=O)CCCNC(=O)COC(=O)c1[nH]c(C)c(C(=O)OC(C)C)c1C. The van der Waals surface area contributed by atoms with Gasteiger partial charge in [0.2, 0.25) is 0 Å². The number of hydrogen-bond donors (Lipinski definition) is 2. The van der Waals surface area contributed by atoms with Crippen LogP contribution in [0.2, 0.25) is 0 Å². The van der Waals surface area contributed by atoms with Gasteiger partial charge >= 0.3 is 17.9 Å². The largest absolute Gasteiger partial charge is 0.466 e. The number of aromatic amines is 1. The summed E-state index contributed by atoms with van der Waals surface area (Å²) in [7, 11) is 0. The van der Waals surface area contributed by atoms with E-state index in [1.807, 2.05) is 0 Å². The summed E-state index contributed by atoms with van der Waals surface area (Å²) in [5.74, 6) is -2.09. The predicted molar refractivity (Wildman–Crippen MR) is 100.0 cm³/mol. The highest BCUT2D eigenvalue weighted by molar-refractivity contribution is 5.99. The second kappa shape index (κ2) is 11.1. The van der Waals surface area contributed by atoms with Crippen molar-refractivity contribution < 1.29 is 33.4 Å². The molecular formula is C19H28N2O7. The van der Waals surface area contributed by atoms with Crippen molar-refractivity contribution in [3.63, 3.8) is 0 Å². The zero-order valence-corrected chi connectivity index (χ0v) is 17.0. The average molecular weight is 396 g/mol. The Morgan fingerprint density at radius 3 is 2.36 bits per heavy atom. The lowest BCUT2D eigenvalue weighted by Crippen LogP contribution is -2.30. The normalized spacial score (nSPS) is 10.5.